The summed E-state index contributed by atoms with van der Waals surface area (Å²) in [5, 5.41) is 0. The number of sulfonamides is 1. The maximum Gasteiger partial charge on any atom is 0.232 e. The third kappa shape index (κ3) is 2.84. The number of benzene rings is 1. The van der Waals surface area contributed by atoms with Crippen molar-refractivity contribution in [3.05, 3.63) is 29.3 Å². The van der Waals surface area contributed by atoms with Crippen LogP contribution < -0.4 is 10.5 Å². The third-order valence-corrected chi connectivity index (χ3v) is 4.71. The minimum Gasteiger partial charge on any atom is -0.324 e. The summed E-state index contributed by atoms with van der Waals surface area (Å²) in [6.45, 7) is 1.98. The summed E-state index contributed by atoms with van der Waals surface area (Å²) >= 11 is 0. The molecule has 1 aromatic rings. The van der Waals surface area contributed by atoms with E-state index >= 15 is 0 Å². The van der Waals surface area contributed by atoms with Crippen molar-refractivity contribution in [2.75, 3.05) is 10.5 Å². The van der Waals surface area contributed by atoms with Gasteiger partial charge in [0.1, 0.15) is 0 Å². The van der Waals surface area contributed by atoms with Crippen molar-refractivity contribution in [2.24, 2.45) is 5.73 Å². The summed E-state index contributed by atoms with van der Waals surface area (Å²) in [7, 11) is -3.23. The molecule has 0 aromatic heterocycles. The summed E-state index contributed by atoms with van der Waals surface area (Å²) in [4.78, 5) is 0. The Hall–Kier alpha value is -1.07. The zero-order chi connectivity index (χ0) is 13.2. The minimum atomic E-state index is -3.23. The Kier molecular flexibility index (Phi) is 3.92. The maximum absolute atomic E-state index is 11.9. The summed E-state index contributed by atoms with van der Waals surface area (Å²) < 4.78 is 26.5. The largest absolute Gasteiger partial charge is 0.324 e. The van der Waals surface area contributed by atoms with Gasteiger partial charge in [0.05, 0.1) is 11.4 Å². The van der Waals surface area contributed by atoms with Gasteiger partial charge < -0.3 is 5.73 Å². The van der Waals surface area contributed by atoms with Gasteiger partial charge in [-0.15, -0.1) is 0 Å². The van der Waals surface area contributed by atoms with Crippen molar-refractivity contribution < 1.29 is 8.42 Å². The number of fused-ring (bicyclic) bond motifs is 1. The van der Waals surface area contributed by atoms with Crippen molar-refractivity contribution in [3.8, 4) is 0 Å². The molecule has 0 radical (unpaired) electrons. The summed E-state index contributed by atoms with van der Waals surface area (Å²) in [5.74, 6) is 0.180. The molecule has 1 aliphatic rings. The van der Waals surface area contributed by atoms with E-state index in [9.17, 15) is 8.42 Å². The van der Waals surface area contributed by atoms with E-state index in [1.807, 2.05) is 25.1 Å². The van der Waals surface area contributed by atoms with Gasteiger partial charge in [-0.1, -0.05) is 25.5 Å². The molecule has 1 atom stereocenters. The molecule has 1 aromatic carbocycles. The van der Waals surface area contributed by atoms with Crippen LogP contribution in [0.5, 0.6) is 0 Å². The average Bonchev–Trinajstić information content (AvgIpc) is 2.70. The van der Waals surface area contributed by atoms with Crippen LogP contribution in [-0.4, -0.2) is 14.2 Å². The van der Waals surface area contributed by atoms with Crippen LogP contribution in [0.15, 0.2) is 18.2 Å². The van der Waals surface area contributed by atoms with Gasteiger partial charge in [-0.3, -0.25) is 4.72 Å². The molecule has 5 heteroatoms. The van der Waals surface area contributed by atoms with Gasteiger partial charge >= 0.3 is 0 Å². The molecule has 0 aliphatic heterocycles. The molecule has 2 rings (SSSR count). The predicted molar refractivity (Wildman–Crippen MR) is 74.0 cm³/mol. The zero-order valence-electron chi connectivity index (χ0n) is 10.6. The van der Waals surface area contributed by atoms with Gasteiger partial charge in [-0.2, -0.15) is 0 Å². The first-order valence-corrected chi connectivity index (χ1v) is 8.06. The average molecular weight is 268 g/mol. The molecule has 0 saturated heterocycles. The van der Waals surface area contributed by atoms with Crippen molar-refractivity contribution in [3.63, 3.8) is 0 Å². The highest BCUT2D eigenvalue weighted by atomic mass is 32.2. The predicted octanol–water partition coefficient (Wildman–Crippen LogP) is 2.17. The standard InChI is InChI=1S/C13H20N2O2S/c1-2-3-9-18(16,17)15-13-6-4-5-10-11(13)7-8-12(10)14/h4-6,12,15H,2-3,7-9,14H2,1H3. The third-order valence-electron chi connectivity index (χ3n) is 3.35. The van der Waals surface area contributed by atoms with Gasteiger partial charge in [-0.05, 0) is 36.5 Å². The molecular weight excluding hydrogens is 248 g/mol. The van der Waals surface area contributed by atoms with Crippen molar-refractivity contribution in [2.45, 2.75) is 38.6 Å². The summed E-state index contributed by atoms with van der Waals surface area (Å²) in [6.07, 6.45) is 3.30. The van der Waals surface area contributed by atoms with E-state index in [4.69, 9.17) is 5.73 Å². The summed E-state index contributed by atoms with van der Waals surface area (Å²) in [6, 6.07) is 5.71. The minimum absolute atomic E-state index is 0.0418. The Balaban J connectivity index is 2.21. The number of anilines is 1. The molecule has 1 aliphatic carbocycles. The van der Waals surface area contributed by atoms with E-state index in [1.165, 1.54) is 0 Å². The van der Waals surface area contributed by atoms with Crippen LogP contribution in [0.1, 0.15) is 43.4 Å². The number of hydrogen-bond acceptors (Lipinski definition) is 3. The Morgan fingerprint density at radius 2 is 2.22 bits per heavy atom. The fourth-order valence-corrected chi connectivity index (χ4v) is 3.63. The zero-order valence-corrected chi connectivity index (χ0v) is 11.5. The van der Waals surface area contributed by atoms with Crippen LogP contribution in [0.3, 0.4) is 0 Å². The molecule has 0 saturated carbocycles. The van der Waals surface area contributed by atoms with E-state index in [2.05, 4.69) is 4.72 Å². The lowest BCUT2D eigenvalue weighted by Crippen LogP contribution is -2.17. The van der Waals surface area contributed by atoms with Gasteiger partial charge in [0.2, 0.25) is 10.0 Å². The highest BCUT2D eigenvalue weighted by Crippen LogP contribution is 2.34. The fraction of sp³-hybridized carbons (Fsp3) is 0.538. The molecule has 100 valence electrons. The maximum atomic E-state index is 11.9. The fourth-order valence-electron chi connectivity index (χ4n) is 2.33. The van der Waals surface area contributed by atoms with Crippen LogP contribution >= 0.6 is 0 Å². The monoisotopic (exact) mass is 268 g/mol. The number of nitrogens with one attached hydrogen (secondary N) is 1. The van der Waals surface area contributed by atoms with Crippen LogP contribution in [0.4, 0.5) is 5.69 Å². The Morgan fingerprint density at radius 1 is 1.44 bits per heavy atom. The Bertz CT molecular complexity index is 526. The first-order valence-electron chi connectivity index (χ1n) is 6.41. The number of hydrogen-bond donors (Lipinski definition) is 2. The van der Waals surface area contributed by atoms with Crippen molar-refractivity contribution in [1.82, 2.24) is 0 Å². The lowest BCUT2D eigenvalue weighted by Gasteiger charge is -2.12. The first-order chi connectivity index (χ1) is 8.53. The molecule has 1 unspecified atom stereocenters. The SMILES string of the molecule is CCCCS(=O)(=O)Nc1cccc2c1CCC2N. The molecule has 4 nitrogen and oxygen atoms in total. The second kappa shape index (κ2) is 5.28. The number of unbranched alkanes of at least 4 members (excludes halogenated alkanes) is 1. The summed E-state index contributed by atoms with van der Waals surface area (Å²) in [5.41, 5.74) is 8.82. The molecule has 0 fully saturated rings. The van der Waals surface area contributed by atoms with E-state index in [0.29, 0.717) is 12.1 Å². The van der Waals surface area contributed by atoms with Gasteiger partial charge in [0.15, 0.2) is 0 Å². The molecule has 0 heterocycles. The van der Waals surface area contributed by atoms with Crippen LogP contribution in [-0.2, 0) is 16.4 Å². The van der Waals surface area contributed by atoms with Crippen molar-refractivity contribution >= 4 is 15.7 Å². The van der Waals surface area contributed by atoms with Crippen LogP contribution in [0.2, 0.25) is 0 Å². The molecule has 3 N–H and O–H groups in total. The Morgan fingerprint density at radius 3 is 2.94 bits per heavy atom. The van der Waals surface area contributed by atoms with Crippen molar-refractivity contribution in [1.29, 1.82) is 0 Å². The molecule has 0 spiro atoms. The first kappa shape index (κ1) is 13.4. The van der Waals surface area contributed by atoms with E-state index in [1.54, 1.807) is 0 Å². The smallest absolute Gasteiger partial charge is 0.232 e. The van der Waals surface area contributed by atoms with Gasteiger partial charge in [0, 0.05) is 6.04 Å². The normalized spacial score (nSPS) is 18.7. The van der Waals surface area contributed by atoms with Crippen LogP contribution in [0, 0.1) is 0 Å². The number of rotatable bonds is 5. The second-order valence-electron chi connectivity index (χ2n) is 4.79. The van der Waals surface area contributed by atoms with Gasteiger partial charge in [-0.25, -0.2) is 8.42 Å². The molecule has 18 heavy (non-hydrogen) atoms. The number of nitrogens with two attached hydrogens (primary N) is 1. The van der Waals surface area contributed by atoms with Gasteiger partial charge in [0.25, 0.3) is 0 Å². The van der Waals surface area contributed by atoms with E-state index in [0.717, 1.165) is 30.4 Å². The molecular formula is C13H20N2O2S. The molecule has 0 amide bonds. The lowest BCUT2D eigenvalue weighted by molar-refractivity contribution is 0.598. The van der Waals surface area contributed by atoms with Crippen LogP contribution in [0.25, 0.3) is 0 Å². The Labute approximate surface area is 109 Å². The van der Waals surface area contributed by atoms with E-state index < -0.39 is 10.0 Å². The van der Waals surface area contributed by atoms with E-state index in [-0.39, 0.29) is 11.8 Å². The molecule has 0 bridgehead atoms. The topological polar surface area (TPSA) is 72.2 Å². The highest BCUT2D eigenvalue weighted by Gasteiger charge is 2.23. The second-order valence-corrected chi connectivity index (χ2v) is 6.63. The highest BCUT2D eigenvalue weighted by molar-refractivity contribution is 7.92. The quantitative estimate of drug-likeness (QED) is 0.859. The lowest BCUT2D eigenvalue weighted by atomic mass is 10.1.